The van der Waals surface area contributed by atoms with Crippen LogP contribution in [0, 0.1) is 0 Å². The number of hydrogen-bond acceptors (Lipinski definition) is 13. The number of nitrogens with one attached hydrogen (secondary N) is 1. The number of anilines is 1. The molecular weight excluding hydrogens is 741 g/mol. The van der Waals surface area contributed by atoms with Crippen LogP contribution < -0.4 is 36.9 Å². The summed E-state index contributed by atoms with van der Waals surface area (Å²) in [5, 5.41) is 29.9. The number of guanidine groups is 1. The average Bonchev–Trinajstić information content (AvgIpc) is 3.74. The second-order valence-corrected chi connectivity index (χ2v) is 14.7. The summed E-state index contributed by atoms with van der Waals surface area (Å²) in [6, 6.07) is 10.5. The molecule has 5 heterocycles. The molecule has 0 spiro atoms. The highest BCUT2D eigenvalue weighted by molar-refractivity contribution is 8.00. The molecule has 0 radical (unpaired) electrons. The van der Waals surface area contributed by atoms with Crippen LogP contribution in [0.15, 0.2) is 81.8 Å². The Morgan fingerprint density at radius 2 is 1.94 bits per heavy atom. The number of amides is 2. The van der Waals surface area contributed by atoms with E-state index in [2.05, 4.69) is 25.0 Å². The van der Waals surface area contributed by atoms with Crippen molar-refractivity contribution in [3.05, 3.63) is 82.9 Å². The minimum atomic E-state index is -1.78. The minimum Gasteiger partial charge on any atom is -0.543 e. The number of oxime groups is 1. The number of hydrogen-bond donors (Lipinski definition) is 5. The van der Waals surface area contributed by atoms with Crippen LogP contribution in [0.3, 0.4) is 0 Å². The summed E-state index contributed by atoms with van der Waals surface area (Å²) in [5.41, 5.74) is 16.5. The number of benzene rings is 1. The number of thioether (sulfide) groups is 1. The summed E-state index contributed by atoms with van der Waals surface area (Å²) < 4.78 is 9.59. The maximum Gasteiger partial charge on any atom is 0.350 e. The molecule has 0 saturated carbocycles. The van der Waals surface area contributed by atoms with Gasteiger partial charge in [-0.25, -0.2) is 14.3 Å². The van der Waals surface area contributed by atoms with Gasteiger partial charge in [-0.15, -0.1) is 23.1 Å². The molecule has 4 aromatic rings. The van der Waals surface area contributed by atoms with Crippen molar-refractivity contribution in [2.24, 2.45) is 21.6 Å². The number of aliphatic carboxylic acids is 2. The van der Waals surface area contributed by atoms with E-state index in [4.69, 9.17) is 26.8 Å². The van der Waals surface area contributed by atoms with Crippen LogP contribution >= 0.6 is 23.1 Å². The van der Waals surface area contributed by atoms with Gasteiger partial charge in [0.2, 0.25) is 5.60 Å². The lowest BCUT2D eigenvalue weighted by atomic mass is 10.0. The molecule has 54 heavy (non-hydrogen) atoms. The predicted molar refractivity (Wildman–Crippen MR) is 197 cm³/mol. The molecule has 2 atom stereocenters. The Balaban J connectivity index is 1.13. The van der Waals surface area contributed by atoms with Crippen molar-refractivity contribution in [2.45, 2.75) is 44.0 Å². The van der Waals surface area contributed by atoms with Crippen molar-refractivity contribution in [1.29, 1.82) is 0 Å². The molecule has 1 saturated heterocycles. The molecule has 6 rings (SSSR count). The molecule has 2 aliphatic rings. The number of carbonyl (C=O) groups is 4. The number of aliphatic imine (C=N–C) groups is 1. The molecule has 0 aliphatic carbocycles. The Hall–Kier alpha value is -6.15. The SMILES string of the molecule is CC(C)(O/N=C(\C(=O)N[C@H]1C(=O)N2C(C(=O)[O-])=C(C[n+]3ccc4c(ccn4Cc4ccc(OCCN=C(N)N)cc4)c3)CS[C@H]12)c1csc(N)n1)C(=O)O. The van der Waals surface area contributed by atoms with Crippen molar-refractivity contribution in [3.8, 4) is 5.75 Å². The molecule has 2 amide bonds. The second kappa shape index (κ2) is 15.4. The molecule has 8 N–H and O–H groups in total. The highest BCUT2D eigenvalue weighted by Crippen LogP contribution is 2.40. The number of nitrogens with two attached hydrogens (primary N) is 3. The molecule has 282 valence electrons. The summed E-state index contributed by atoms with van der Waals surface area (Å²) in [6.07, 6.45) is 5.70. The van der Waals surface area contributed by atoms with Gasteiger partial charge in [0.25, 0.3) is 11.8 Å². The minimum absolute atomic E-state index is 0.00953. The Kier molecular flexibility index (Phi) is 10.8. The van der Waals surface area contributed by atoms with Gasteiger partial charge >= 0.3 is 5.97 Å². The van der Waals surface area contributed by atoms with Crippen LogP contribution in [0.25, 0.3) is 10.9 Å². The fourth-order valence-corrected chi connectivity index (χ4v) is 7.56. The lowest BCUT2D eigenvalue weighted by molar-refractivity contribution is -0.687. The number of carbonyl (C=O) groups excluding carboxylic acids is 3. The van der Waals surface area contributed by atoms with Gasteiger partial charge in [-0.3, -0.25) is 19.5 Å². The largest absolute Gasteiger partial charge is 0.543 e. The number of pyridine rings is 1. The number of carboxylic acids is 2. The maximum atomic E-state index is 13.4. The normalized spacial score (nSPS) is 17.1. The first-order chi connectivity index (χ1) is 25.7. The van der Waals surface area contributed by atoms with Gasteiger partial charge in [-0.05, 0) is 37.6 Å². The average molecular weight is 777 g/mol. The predicted octanol–water partition coefficient (Wildman–Crippen LogP) is -0.644. The Morgan fingerprint density at radius 1 is 1.19 bits per heavy atom. The third-order valence-corrected chi connectivity index (χ3v) is 10.5. The van der Waals surface area contributed by atoms with E-state index in [0.717, 1.165) is 32.7 Å². The fraction of sp³-hybridized carbons (Fsp3) is 0.294. The van der Waals surface area contributed by atoms with Crippen molar-refractivity contribution in [3.63, 3.8) is 0 Å². The van der Waals surface area contributed by atoms with E-state index in [0.29, 0.717) is 31.0 Å². The van der Waals surface area contributed by atoms with E-state index in [1.54, 1.807) is 0 Å². The zero-order valence-electron chi connectivity index (χ0n) is 29.0. The van der Waals surface area contributed by atoms with Crippen LogP contribution in [0.5, 0.6) is 5.75 Å². The van der Waals surface area contributed by atoms with Crippen molar-refractivity contribution < 1.29 is 43.5 Å². The maximum absolute atomic E-state index is 13.4. The summed E-state index contributed by atoms with van der Waals surface area (Å²) >= 11 is 2.30. The molecule has 1 aromatic carbocycles. The zero-order valence-corrected chi connectivity index (χ0v) is 30.6. The lowest BCUT2D eigenvalue weighted by Gasteiger charge is -2.50. The van der Waals surface area contributed by atoms with Gasteiger partial charge in [0.05, 0.1) is 29.1 Å². The van der Waals surface area contributed by atoms with E-state index in [1.165, 1.54) is 31.0 Å². The summed E-state index contributed by atoms with van der Waals surface area (Å²) in [7, 11) is 0. The van der Waals surface area contributed by atoms with Gasteiger partial charge in [-0.2, -0.15) is 0 Å². The third-order valence-electron chi connectivity index (χ3n) is 8.46. The smallest absolute Gasteiger partial charge is 0.350 e. The van der Waals surface area contributed by atoms with Gasteiger partial charge in [-0.1, -0.05) is 17.3 Å². The number of rotatable bonds is 15. The van der Waals surface area contributed by atoms with E-state index in [9.17, 15) is 29.4 Å². The number of ether oxygens (including phenoxy) is 1. The van der Waals surface area contributed by atoms with E-state index >= 15 is 0 Å². The Labute approximate surface area is 315 Å². The first-order valence-electron chi connectivity index (χ1n) is 16.4. The standard InChI is InChI=1S/C34H36N10O8S2/c1-34(2,31(49)50)52-41-24(22-17-54-33(37)39-22)27(45)40-25-28(46)44-26(30(47)48)20(16-53-29(25)44)15-42-10-8-23-19(14-42)7-11-43(23)13-18-3-5-21(6-4-18)51-12-9-38-32(35)36/h3-8,10-11,14,17,25,29H,9,12-13,15-16H2,1-2H3,(H8-,35,36,37,38,39,40,45,47,48,49,50)/b41-24-/t25-,29+/m0/s1. The topological polar surface area (TPSA) is 270 Å². The van der Waals surface area contributed by atoms with Gasteiger partial charge < -0.3 is 51.7 Å². The van der Waals surface area contributed by atoms with E-state index in [-0.39, 0.29) is 34.8 Å². The number of nitrogens with zero attached hydrogens (tertiary/aromatic N) is 6. The van der Waals surface area contributed by atoms with E-state index in [1.807, 2.05) is 59.6 Å². The fourth-order valence-electron chi connectivity index (χ4n) is 5.68. The quantitative estimate of drug-likeness (QED) is 0.0251. The molecule has 18 nitrogen and oxygen atoms in total. The number of fused-ring (bicyclic) bond motifs is 2. The van der Waals surface area contributed by atoms with E-state index < -0.39 is 46.5 Å². The molecular formula is C34H36N10O8S2. The first kappa shape index (κ1) is 37.6. The summed E-state index contributed by atoms with van der Waals surface area (Å²) in [5.74, 6) is -3.44. The monoisotopic (exact) mass is 776 g/mol. The van der Waals surface area contributed by atoms with Crippen LogP contribution in [-0.4, -0.2) is 90.9 Å². The number of carboxylic acid groups (broad SMARTS) is 2. The Bertz CT molecular complexity index is 2210. The van der Waals surface area contributed by atoms with Crippen LogP contribution in [0.1, 0.15) is 25.1 Å². The van der Waals surface area contributed by atoms with Gasteiger partial charge in [0, 0.05) is 35.5 Å². The number of nitrogen functional groups attached to an aromatic ring is 1. The lowest BCUT2D eigenvalue weighted by Crippen LogP contribution is -2.71. The molecule has 3 aromatic heterocycles. The number of β-lactam (4-membered cyclic amide) rings is 1. The van der Waals surface area contributed by atoms with Gasteiger partial charge in [0.15, 0.2) is 35.7 Å². The molecule has 0 bridgehead atoms. The van der Waals surface area contributed by atoms with Crippen molar-refractivity contribution in [1.82, 2.24) is 19.8 Å². The number of aromatic nitrogens is 3. The Morgan fingerprint density at radius 3 is 2.61 bits per heavy atom. The highest BCUT2D eigenvalue weighted by atomic mass is 32.2. The zero-order chi connectivity index (χ0) is 38.7. The third kappa shape index (κ3) is 8.08. The van der Waals surface area contributed by atoms with Crippen LogP contribution in [0.2, 0.25) is 0 Å². The van der Waals surface area contributed by atoms with Crippen molar-refractivity contribution >= 4 is 74.6 Å². The van der Waals surface area contributed by atoms with Crippen LogP contribution in [0.4, 0.5) is 5.13 Å². The highest BCUT2D eigenvalue weighted by Gasteiger charge is 2.53. The number of thiazole rings is 1. The molecule has 0 unspecified atom stereocenters. The van der Waals surface area contributed by atoms with Gasteiger partial charge in [0.1, 0.15) is 29.5 Å². The second-order valence-electron chi connectivity index (χ2n) is 12.7. The summed E-state index contributed by atoms with van der Waals surface area (Å²) in [6.45, 7) is 3.98. The first-order valence-corrected chi connectivity index (χ1v) is 18.3. The molecule has 2 aliphatic heterocycles. The molecule has 20 heteroatoms. The van der Waals surface area contributed by atoms with Crippen LogP contribution in [-0.2, 0) is 37.1 Å². The van der Waals surface area contributed by atoms with Crippen molar-refractivity contribution in [2.75, 3.05) is 24.6 Å². The summed E-state index contributed by atoms with van der Waals surface area (Å²) in [4.78, 5) is 65.0. The molecule has 1 fully saturated rings.